The van der Waals surface area contributed by atoms with Crippen LogP contribution in [0.1, 0.15) is 43.4 Å². The summed E-state index contributed by atoms with van der Waals surface area (Å²) in [5, 5.41) is 5.44. The zero-order chi connectivity index (χ0) is 25.2. The Labute approximate surface area is 212 Å². The number of hydrogen-bond acceptors (Lipinski definition) is 5. The van der Waals surface area contributed by atoms with Crippen molar-refractivity contribution in [1.82, 2.24) is 15.1 Å². The van der Waals surface area contributed by atoms with Gasteiger partial charge in [-0.1, -0.05) is 36.0 Å². The quantitative estimate of drug-likeness (QED) is 0.605. The Bertz CT molecular complexity index is 1270. The molecule has 3 heterocycles. The number of nitrogens with zero attached hydrogens (tertiary/aromatic N) is 3. The Morgan fingerprint density at radius 3 is 2.33 bits per heavy atom. The third-order valence-electron chi connectivity index (χ3n) is 6.55. The molecular formula is C27H26F2N4O2S. The standard InChI is InChI=1S/C27H26F2N4O2S/c1-17-24(26(35)32-12-2-3-13-32)25(19-6-10-21(29)11-7-19)33-22(16-36-27(33)31-17)14-23(34)30-15-18-4-8-20(28)9-5-18/h4-11,16,25H,2-3,12-15H2,1H3,(H,30,34). The molecule has 1 saturated heterocycles. The van der Waals surface area contributed by atoms with Gasteiger partial charge in [-0.2, -0.15) is 0 Å². The summed E-state index contributed by atoms with van der Waals surface area (Å²) in [7, 11) is 0. The molecule has 186 valence electrons. The lowest BCUT2D eigenvalue weighted by Crippen LogP contribution is -2.41. The van der Waals surface area contributed by atoms with E-state index in [1.165, 1.54) is 36.0 Å². The van der Waals surface area contributed by atoms with E-state index in [2.05, 4.69) is 5.32 Å². The topological polar surface area (TPSA) is 65.0 Å². The van der Waals surface area contributed by atoms with E-state index in [0.717, 1.165) is 24.0 Å². The van der Waals surface area contributed by atoms with Crippen LogP contribution in [-0.4, -0.2) is 39.9 Å². The highest BCUT2D eigenvalue weighted by atomic mass is 32.2. The monoisotopic (exact) mass is 508 g/mol. The molecular weight excluding hydrogens is 482 g/mol. The molecule has 0 aliphatic carbocycles. The summed E-state index contributed by atoms with van der Waals surface area (Å²) >= 11 is 1.40. The van der Waals surface area contributed by atoms with Crippen molar-refractivity contribution in [3.05, 3.63) is 93.7 Å². The maximum atomic E-state index is 13.8. The van der Waals surface area contributed by atoms with Gasteiger partial charge < -0.3 is 15.1 Å². The first-order chi connectivity index (χ1) is 17.4. The van der Waals surface area contributed by atoms with E-state index in [4.69, 9.17) is 4.99 Å². The molecule has 0 spiro atoms. The van der Waals surface area contributed by atoms with E-state index >= 15 is 0 Å². The molecule has 3 aliphatic rings. The van der Waals surface area contributed by atoms with Crippen LogP contribution in [0, 0.1) is 11.6 Å². The van der Waals surface area contributed by atoms with Crippen molar-refractivity contribution in [3.8, 4) is 0 Å². The summed E-state index contributed by atoms with van der Waals surface area (Å²) in [5.41, 5.74) is 3.44. The molecule has 3 aliphatic heterocycles. The molecule has 5 rings (SSSR count). The molecule has 1 fully saturated rings. The van der Waals surface area contributed by atoms with Crippen molar-refractivity contribution in [3.63, 3.8) is 0 Å². The van der Waals surface area contributed by atoms with Crippen molar-refractivity contribution in [2.45, 2.75) is 38.8 Å². The second-order valence-electron chi connectivity index (χ2n) is 9.02. The summed E-state index contributed by atoms with van der Waals surface area (Å²) in [6.45, 7) is 3.51. The second-order valence-corrected chi connectivity index (χ2v) is 9.86. The lowest BCUT2D eigenvalue weighted by Gasteiger charge is -2.37. The van der Waals surface area contributed by atoms with Gasteiger partial charge >= 0.3 is 0 Å². The van der Waals surface area contributed by atoms with Crippen LogP contribution in [0.25, 0.3) is 0 Å². The number of amides is 2. The highest BCUT2D eigenvalue weighted by Crippen LogP contribution is 2.45. The van der Waals surface area contributed by atoms with E-state index in [-0.39, 0.29) is 36.4 Å². The van der Waals surface area contributed by atoms with Gasteiger partial charge in [0.05, 0.1) is 23.7 Å². The van der Waals surface area contributed by atoms with Gasteiger partial charge in [-0.15, -0.1) is 0 Å². The second kappa shape index (κ2) is 10.3. The number of aliphatic imine (C=N–C) groups is 1. The molecule has 1 N–H and O–H groups in total. The van der Waals surface area contributed by atoms with Crippen molar-refractivity contribution < 1.29 is 18.4 Å². The summed E-state index contributed by atoms with van der Waals surface area (Å²) in [4.78, 5) is 35.0. The van der Waals surface area contributed by atoms with E-state index in [0.29, 0.717) is 35.2 Å². The largest absolute Gasteiger partial charge is 0.352 e. The molecule has 2 amide bonds. The van der Waals surface area contributed by atoms with Crippen LogP contribution in [0.2, 0.25) is 0 Å². The van der Waals surface area contributed by atoms with Gasteiger partial charge in [0.15, 0.2) is 5.17 Å². The summed E-state index contributed by atoms with van der Waals surface area (Å²) < 4.78 is 26.9. The number of carbonyl (C=O) groups is 2. The molecule has 2 aromatic carbocycles. The lowest BCUT2D eigenvalue weighted by atomic mass is 9.92. The number of nitrogens with one attached hydrogen (secondary N) is 1. The first-order valence-electron chi connectivity index (χ1n) is 11.9. The molecule has 1 unspecified atom stereocenters. The number of hydrogen-bond donors (Lipinski definition) is 1. The van der Waals surface area contributed by atoms with Crippen LogP contribution >= 0.6 is 11.8 Å². The fraction of sp³-hybridized carbons (Fsp3) is 0.296. The number of carbonyl (C=O) groups excluding carboxylic acids is 2. The molecule has 0 radical (unpaired) electrons. The van der Waals surface area contributed by atoms with Crippen molar-refractivity contribution in [2.24, 2.45) is 4.99 Å². The van der Waals surface area contributed by atoms with Crippen LogP contribution in [-0.2, 0) is 16.1 Å². The number of likely N-dealkylation sites (tertiary alicyclic amines) is 1. The van der Waals surface area contributed by atoms with E-state index in [1.807, 2.05) is 22.1 Å². The van der Waals surface area contributed by atoms with Gasteiger partial charge in [-0.25, -0.2) is 13.8 Å². The predicted octanol–water partition coefficient (Wildman–Crippen LogP) is 4.87. The van der Waals surface area contributed by atoms with Gasteiger partial charge in [-0.3, -0.25) is 9.59 Å². The fourth-order valence-corrected chi connectivity index (χ4v) is 5.69. The number of amidine groups is 1. The normalized spacial score (nSPS) is 19.2. The number of halogens is 2. The van der Waals surface area contributed by atoms with Crippen LogP contribution in [0.15, 0.2) is 75.9 Å². The van der Waals surface area contributed by atoms with Gasteiger partial charge in [0, 0.05) is 25.3 Å². The summed E-state index contributed by atoms with van der Waals surface area (Å²) in [6.07, 6.45) is 2.01. The van der Waals surface area contributed by atoms with E-state index in [9.17, 15) is 18.4 Å². The average Bonchev–Trinajstić information content (AvgIpc) is 3.54. The fourth-order valence-electron chi connectivity index (χ4n) is 4.72. The predicted molar refractivity (Wildman–Crippen MR) is 135 cm³/mol. The Kier molecular flexibility index (Phi) is 6.91. The number of thioether (sulfide) groups is 1. The third-order valence-corrected chi connectivity index (χ3v) is 7.44. The molecule has 0 saturated carbocycles. The van der Waals surface area contributed by atoms with Crippen molar-refractivity contribution in [1.29, 1.82) is 0 Å². The molecule has 2 aromatic rings. The van der Waals surface area contributed by atoms with Crippen LogP contribution in [0.5, 0.6) is 0 Å². The van der Waals surface area contributed by atoms with Crippen LogP contribution in [0.3, 0.4) is 0 Å². The molecule has 6 nitrogen and oxygen atoms in total. The van der Waals surface area contributed by atoms with Gasteiger partial charge in [0.25, 0.3) is 5.91 Å². The van der Waals surface area contributed by atoms with Crippen molar-refractivity contribution in [2.75, 3.05) is 13.1 Å². The first-order valence-corrected chi connectivity index (χ1v) is 12.8. The minimum absolute atomic E-state index is 0.0702. The van der Waals surface area contributed by atoms with Gasteiger partial charge in [-0.05, 0) is 60.6 Å². The number of rotatable bonds is 6. The third kappa shape index (κ3) is 4.93. The zero-order valence-corrected chi connectivity index (χ0v) is 20.7. The van der Waals surface area contributed by atoms with Crippen LogP contribution < -0.4 is 5.32 Å². The molecule has 36 heavy (non-hydrogen) atoms. The Balaban J connectivity index is 1.41. The maximum Gasteiger partial charge on any atom is 0.254 e. The highest BCUT2D eigenvalue weighted by Gasteiger charge is 2.41. The van der Waals surface area contributed by atoms with Gasteiger partial charge in [0.2, 0.25) is 5.91 Å². The Morgan fingerprint density at radius 2 is 1.67 bits per heavy atom. The average molecular weight is 509 g/mol. The number of fused-ring (bicyclic) bond motifs is 1. The molecule has 9 heteroatoms. The minimum Gasteiger partial charge on any atom is -0.352 e. The van der Waals surface area contributed by atoms with Crippen molar-refractivity contribution >= 4 is 28.7 Å². The highest BCUT2D eigenvalue weighted by molar-refractivity contribution is 8.16. The SMILES string of the molecule is CC1=C(C(=O)N2CCCC2)C(c2ccc(F)cc2)N2C(CC(=O)NCc3ccc(F)cc3)=CSC2=N1. The molecule has 0 aromatic heterocycles. The Morgan fingerprint density at radius 1 is 1.03 bits per heavy atom. The minimum atomic E-state index is -0.516. The molecule has 0 bridgehead atoms. The van der Waals surface area contributed by atoms with Crippen LogP contribution in [0.4, 0.5) is 8.78 Å². The van der Waals surface area contributed by atoms with Gasteiger partial charge in [0.1, 0.15) is 11.6 Å². The number of benzene rings is 2. The Hall–Kier alpha value is -3.46. The summed E-state index contributed by atoms with van der Waals surface area (Å²) in [5.74, 6) is -0.962. The zero-order valence-electron chi connectivity index (χ0n) is 19.8. The first kappa shape index (κ1) is 24.2. The van der Waals surface area contributed by atoms with E-state index < -0.39 is 6.04 Å². The molecule has 1 atom stereocenters. The van der Waals surface area contributed by atoms with E-state index in [1.54, 1.807) is 24.3 Å². The lowest BCUT2D eigenvalue weighted by molar-refractivity contribution is -0.126. The summed E-state index contributed by atoms with van der Waals surface area (Å²) in [6, 6.07) is 11.6. The number of allylic oxidation sites excluding steroid dienone is 1. The smallest absolute Gasteiger partial charge is 0.254 e. The maximum absolute atomic E-state index is 13.8.